The Morgan fingerprint density at radius 1 is 0.517 bits per heavy atom. The predicted molar refractivity (Wildman–Crippen MR) is 253 cm³/mol. The van der Waals surface area contributed by atoms with Gasteiger partial charge in [-0.15, -0.1) is 11.3 Å². The Morgan fingerprint density at radius 3 is 1.68 bits per heavy atom. The van der Waals surface area contributed by atoms with E-state index in [0.717, 1.165) is 47.2 Å². The lowest BCUT2D eigenvalue weighted by Gasteiger charge is -2.45. The normalized spacial score (nSPS) is 15.9. The maximum atomic E-state index is 6.53. The summed E-state index contributed by atoms with van der Waals surface area (Å²) < 4.78 is 26.9. The van der Waals surface area contributed by atoms with E-state index in [0.29, 0.717) is 26.4 Å². The molecule has 1 aromatic heterocycles. The Balaban J connectivity index is 1.35. The molecule has 10 rings (SSSR count). The van der Waals surface area contributed by atoms with Crippen LogP contribution in [-0.2, 0) is 16.2 Å². The first-order chi connectivity index (χ1) is 28.5. The third kappa shape index (κ3) is 6.26. The van der Waals surface area contributed by atoms with Crippen LogP contribution in [0.3, 0.4) is 0 Å². The molecule has 5 aromatic carbocycles. The molecule has 0 N–H and O–H groups in total. The third-order valence-electron chi connectivity index (χ3n) is 12.9. The molecule has 0 radical (unpaired) electrons. The first-order valence-electron chi connectivity index (χ1n) is 21.8. The summed E-state index contributed by atoms with van der Waals surface area (Å²) in [4.78, 5) is 5.10. The van der Waals surface area contributed by atoms with Crippen molar-refractivity contribution in [3.8, 4) is 23.0 Å². The first-order valence-corrected chi connectivity index (χ1v) is 22.6. The highest BCUT2D eigenvalue weighted by Crippen LogP contribution is 2.52. The van der Waals surface area contributed by atoms with Gasteiger partial charge in [0, 0.05) is 46.7 Å². The lowest BCUT2D eigenvalue weighted by atomic mass is 9.33. The fourth-order valence-corrected chi connectivity index (χ4v) is 10.8. The fourth-order valence-electron chi connectivity index (χ4n) is 9.60. The highest BCUT2D eigenvalue weighted by molar-refractivity contribution is 7.26. The van der Waals surface area contributed by atoms with E-state index in [9.17, 15) is 0 Å². The number of ether oxygens (including phenoxy) is 4. The van der Waals surface area contributed by atoms with Gasteiger partial charge in [0.25, 0.3) is 6.71 Å². The van der Waals surface area contributed by atoms with Crippen LogP contribution in [0.5, 0.6) is 23.0 Å². The molecule has 308 valence electrons. The number of anilines is 6. The molecule has 8 heteroatoms. The molecule has 5 heterocycles. The molecule has 0 spiro atoms. The van der Waals surface area contributed by atoms with Crippen LogP contribution in [0.4, 0.5) is 33.4 Å². The van der Waals surface area contributed by atoms with Gasteiger partial charge in [0.15, 0.2) is 23.0 Å². The van der Waals surface area contributed by atoms with E-state index < -0.39 is 0 Å². The van der Waals surface area contributed by atoms with Crippen LogP contribution in [0.1, 0.15) is 103 Å². The Morgan fingerprint density at radius 2 is 1.07 bits per heavy atom. The standard InChI is InChI=1S/C52H57BN2O4S/c1-30-22-33(51(6,7)8)23-31(2)48(30)55-40-26-34(52(9,10)11)25-39-47(40)53(46-36-24-32(50(3,4)5)14-17-45(36)60-49(46)55)37-28-43-44(59-21-13-20-58-43)29-38(37)54(39)35-15-16-41-42(27-35)57-19-12-18-56-41/h14-17,22-29H,12-13,18-21H2,1-11H3. The van der Waals surface area contributed by atoms with Crippen molar-refractivity contribution in [1.29, 1.82) is 0 Å². The largest absolute Gasteiger partial charge is 0.490 e. The minimum absolute atomic E-state index is 0.0150. The van der Waals surface area contributed by atoms with Gasteiger partial charge in [-0.25, -0.2) is 0 Å². The van der Waals surface area contributed by atoms with Crippen molar-refractivity contribution in [2.45, 2.75) is 105 Å². The summed E-state index contributed by atoms with van der Waals surface area (Å²) in [5, 5.41) is 2.60. The van der Waals surface area contributed by atoms with E-state index >= 15 is 0 Å². The Bertz CT molecular complexity index is 2710. The number of benzene rings is 5. The number of hydrogen-bond acceptors (Lipinski definition) is 7. The molecule has 60 heavy (non-hydrogen) atoms. The van der Waals surface area contributed by atoms with E-state index in [4.69, 9.17) is 18.9 Å². The topological polar surface area (TPSA) is 43.4 Å². The summed E-state index contributed by atoms with van der Waals surface area (Å²) >= 11 is 1.92. The monoisotopic (exact) mass is 816 g/mol. The zero-order valence-corrected chi connectivity index (χ0v) is 38.0. The van der Waals surface area contributed by atoms with Crippen molar-refractivity contribution in [2.24, 2.45) is 0 Å². The van der Waals surface area contributed by atoms with Crippen LogP contribution in [0.25, 0.3) is 10.1 Å². The second kappa shape index (κ2) is 13.7. The Hall–Kier alpha value is -5.08. The molecule has 4 aliphatic rings. The molecule has 0 atom stereocenters. The quantitative estimate of drug-likeness (QED) is 0.162. The maximum Gasteiger partial charge on any atom is 0.254 e. The van der Waals surface area contributed by atoms with Gasteiger partial charge in [-0.05, 0) is 116 Å². The third-order valence-corrected chi connectivity index (χ3v) is 14.0. The highest BCUT2D eigenvalue weighted by Gasteiger charge is 2.47. The first kappa shape index (κ1) is 39.1. The molecule has 0 fully saturated rings. The van der Waals surface area contributed by atoms with Gasteiger partial charge in [0.05, 0.1) is 42.8 Å². The van der Waals surface area contributed by atoms with E-state index in [1.54, 1.807) is 0 Å². The number of aryl methyl sites for hydroxylation is 2. The summed E-state index contributed by atoms with van der Waals surface area (Å²) in [7, 11) is 0. The molecule has 0 bridgehead atoms. The second-order valence-electron chi connectivity index (χ2n) is 20.4. The van der Waals surface area contributed by atoms with Crippen LogP contribution in [0.2, 0.25) is 0 Å². The molecule has 6 nitrogen and oxygen atoms in total. The number of fused-ring (bicyclic) bond motifs is 8. The van der Waals surface area contributed by atoms with Gasteiger partial charge in [-0.2, -0.15) is 0 Å². The van der Waals surface area contributed by atoms with Crippen molar-refractivity contribution in [1.82, 2.24) is 0 Å². The number of thiophene rings is 1. The smallest absolute Gasteiger partial charge is 0.254 e. The van der Waals surface area contributed by atoms with Crippen molar-refractivity contribution < 1.29 is 18.9 Å². The van der Waals surface area contributed by atoms with Gasteiger partial charge in [0.1, 0.15) is 0 Å². The number of hydrogen-bond donors (Lipinski definition) is 0. The fraction of sp³-hybridized carbons (Fsp3) is 0.385. The molecule has 0 amide bonds. The van der Waals surface area contributed by atoms with Gasteiger partial charge < -0.3 is 28.7 Å². The Labute approximate surface area is 360 Å². The van der Waals surface area contributed by atoms with E-state index in [2.05, 4.69) is 159 Å². The van der Waals surface area contributed by atoms with Crippen LogP contribution in [-0.4, -0.2) is 33.1 Å². The van der Waals surface area contributed by atoms with Gasteiger partial charge in [-0.3, -0.25) is 0 Å². The molecule has 0 unspecified atom stereocenters. The minimum Gasteiger partial charge on any atom is -0.490 e. The second-order valence-corrected chi connectivity index (χ2v) is 21.4. The summed E-state index contributed by atoms with van der Waals surface area (Å²) in [6.07, 6.45) is 1.69. The lowest BCUT2D eigenvalue weighted by molar-refractivity contribution is 0.296. The summed E-state index contributed by atoms with van der Waals surface area (Å²) in [6.45, 7) is 27.9. The molecule has 0 saturated heterocycles. The van der Waals surface area contributed by atoms with Crippen LogP contribution >= 0.6 is 11.3 Å². The Kier molecular flexibility index (Phi) is 8.94. The average molecular weight is 817 g/mol. The van der Waals surface area contributed by atoms with E-state index in [-0.39, 0.29) is 23.0 Å². The molecular formula is C52H57BN2O4S. The van der Waals surface area contributed by atoms with Crippen molar-refractivity contribution in [3.05, 3.63) is 101 Å². The number of rotatable bonds is 2. The van der Waals surface area contributed by atoms with Gasteiger partial charge in [-0.1, -0.05) is 86.6 Å². The minimum atomic E-state index is -0.143. The number of nitrogens with zero attached hydrogens (tertiary/aromatic N) is 2. The van der Waals surface area contributed by atoms with Gasteiger partial charge >= 0.3 is 0 Å². The predicted octanol–water partition coefficient (Wildman–Crippen LogP) is 11.8. The molecule has 6 aromatic rings. The lowest BCUT2D eigenvalue weighted by Crippen LogP contribution is -2.61. The molecule has 4 aliphatic heterocycles. The SMILES string of the molecule is Cc1cc(C(C)(C)C)cc(C)c1N1c2cc(C(C)(C)C)cc3c2B(c2cc4c(cc2N3c2ccc3c(c2)OCCCO3)OCCCO4)c2c1sc1ccc(C(C)(C)C)cc21. The molecular weight excluding hydrogens is 759 g/mol. The average Bonchev–Trinajstić information content (AvgIpc) is 3.29. The van der Waals surface area contributed by atoms with Crippen molar-refractivity contribution in [2.75, 3.05) is 36.2 Å². The van der Waals surface area contributed by atoms with Crippen LogP contribution < -0.4 is 45.1 Å². The molecule has 0 saturated carbocycles. The van der Waals surface area contributed by atoms with Gasteiger partial charge in [0.2, 0.25) is 0 Å². The van der Waals surface area contributed by atoms with Crippen molar-refractivity contribution in [3.63, 3.8) is 0 Å². The van der Waals surface area contributed by atoms with Crippen LogP contribution in [0, 0.1) is 13.8 Å². The molecule has 0 aliphatic carbocycles. The van der Waals surface area contributed by atoms with E-state index in [1.807, 2.05) is 11.3 Å². The zero-order chi connectivity index (χ0) is 42.0. The van der Waals surface area contributed by atoms with E-state index in [1.165, 1.54) is 76.4 Å². The zero-order valence-electron chi connectivity index (χ0n) is 37.2. The summed E-state index contributed by atoms with van der Waals surface area (Å²) in [5.41, 5.74) is 16.0. The summed E-state index contributed by atoms with van der Waals surface area (Å²) in [6, 6.07) is 28.0. The van der Waals surface area contributed by atoms with Crippen molar-refractivity contribution >= 4 is 78.0 Å². The highest BCUT2D eigenvalue weighted by atomic mass is 32.1. The maximum absolute atomic E-state index is 6.53. The van der Waals surface area contributed by atoms with Crippen LogP contribution in [0.15, 0.2) is 72.8 Å². The summed E-state index contributed by atoms with van der Waals surface area (Å²) in [5.74, 6) is 3.16.